The minimum absolute atomic E-state index is 0.345. The summed E-state index contributed by atoms with van der Waals surface area (Å²) in [6.07, 6.45) is 6.85. The molecule has 0 spiro atoms. The maximum absolute atomic E-state index is 11.6. The standard InChI is InChI=1S/C24H22N4O/c1-16-13-23(18-7-10-20(29)11-8-18)27-24-21(15-26-28(16)24)19-9-12-22(25-14-19)17-5-3-2-4-6-17/h2-6,9,12-15,18H,7-8,10-11H2,1H3. The Labute approximate surface area is 169 Å². The molecule has 144 valence electrons. The van der Waals surface area contributed by atoms with E-state index in [-0.39, 0.29) is 0 Å². The predicted octanol–water partition coefficient (Wildman–Crippen LogP) is 4.99. The molecule has 0 bridgehead atoms. The molecule has 0 saturated heterocycles. The van der Waals surface area contributed by atoms with Crippen LogP contribution in [-0.2, 0) is 4.79 Å². The molecule has 1 aliphatic rings. The first kappa shape index (κ1) is 17.7. The van der Waals surface area contributed by atoms with Crippen molar-refractivity contribution in [3.63, 3.8) is 0 Å². The van der Waals surface area contributed by atoms with E-state index in [1.54, 1.807) is 0 Å². The number of nitrogens with zero attached hydrogens (tertiary/aromatic N) is 4. The van der Waals surface area contributed by atoms with E-state index in [4.69, 9.17) is 4.98 Å². The van der Waals surface area contributed by atoms with Crippen LogP contribution in [0.4, 0.5) is 0 Å². The number of rotatable bonds is 3. The van der Waals surface area contributed by atoms with E-state index in [1.807, 2.05) is 41.2 Å². The maximum atomic E-state index is 11.6. The number of Topliss-reactive ketones (excluding diaryl/α,β-unsaturated/α-hetero) is 1. The minimum Gasteiger partial charge on any atom is -0.300 e. The number of ketones is 1. The zero-order valence-electron chi connectivity index (χ0n) is 16.4. The van der Waals surface area contributed by atoms with E-state index in [2.05, 4.69) is 41.3 Å². The quantitative estimate of drug-likeness (QED) is 0.501. The molecule has 3 aromatic heterocycles. The van der Waals surface area contributed by atoms with Gasteiger partial charge in [0.2, 0.25) is 0 Å². The lowest BCUT2D eigenvalue weighted by atomic mass is 9.86. The van der Waals surface area contributed by atoms with Crippen molar-refractivity contribution >= 4 is 11.4 Å². The highest BCUT2D eigenvalue weighted by Gasteiger charge is 2.23. The molecule has 1 aliphatic carbocycles. The number of fused-ring (bicyclic) bond motifs is 1. The summed E-state index contributed by atoms with van der Waals surface area (Å²) in [5, 5.41) is 4.55. The van der Waals surface area contributed by atoms with Gasteiger partial charge in [-0.2, -0.15) is 5.10 Å². The zero-order chi connectivity index (χ0) is 19.8. The van der Waals surface area contributed by atoms with Gasteiger partial charge in [0.15, 0.2) is 5.65 Å². The first-order chi connectivity index (χ1) is 14.2. The van der Waals surface area contributed by atoms with Crippen LogP contribution in [0.2, 0.25) is 0 Å². The second kappa shape index (κ2) is 7.24. The van der Waals surface area contributed by atoms with Gasteiger partial charge in [-0.15, -0.1) is 0 Å². The first-order valence-electron chi connectivity index (χ1n) is 10.1. The average molecular weight is 382 g/mol. The van der Waals surface area contributed by atoms with Crippen molar-refractivity contribution in [2.75, 3.05) is 0 Å². The number of hydrogen-bond acceptors (Lipinski definition) is 4. The summed E-state index contributed by atoms with van der Waals surface area (Å²) < 4.78 is 1.89. The number of hydrogen-bond donors (Lipinski definition) is 0. The molecule has 0 amide bonds. The van der Waals surface area contributed by atoms with Crippen molar-refractivity contribution in [3.05, 3.63) is 72.3 Å². The lowest BCUT2D eigenvalue weighted by molar-refractivity contribution is -0.120. The maximum Gasteiger partial charge on any atom is 0.163 e. The van der Waals surface area contributed by atoms with Gasteiger partial charge in [-0.3, -0.25) is 9.78 Å². The van der Waals surface area contributed by atoms with Gasteiger partial charge in [0, 0.05) is 53.0 Å². The molecule has 5 nitrogen and oxygen atoms in total. The van der Waals surface area contributed by atoms with Crippen molar-refractivity contribution in [2.45, 2.75) is 38.5 Å². The molecule has 0 N–H and O–H groups in total. The molecule has 1 saturated carbocycles. The van der Waals surface area contributed by atoms with Crippen LogP contribution in [0.15, 0.2) is 60.9 Å². The number of aromatic nitrogens is 4. The summed E-state index contributed by atoms with van der Waals surface area (Å²) in [6, 6.07) is 16.4. The van der Waals surface area contributed by atoms with Crippen LogP contribution in [0.25, 0.3) is 28.0 Å². The molecule has 1 fully saturated rings. The van der Waals surface area contributed by atoms with E-state index in [1.165, 1.54) is 0 Å². The van der Waals surface area contributed by atoms with Gasteiger partial charge in [-0.1, -0.05) is 36.4 Å². The Hall–Kier alpha value is -3.34. The van der Waals surface area contributed by atoms with Crippen LogP contribution in [0.5, 0.6) is 0 Å². The Balaban J connectivity index is 1.52. The molecule has 0 aliphatic heterocycles. The molecule has 0 radical (unpaired) electrons. The smallest absolute Gasteiger partial charge is 0.163 e. The molecule has 5 rings (SSSR count). The molecule has 4 aromatic rings. The third-order valence-electron chi connectivity index (χ3n) is 5.78. The normalized spacial score (nSPS) is 15.1. The number of pyridine rings is 1. The van der Waals surface area contributed by atoms with Crippen LogP contribution in [0.3, 0.4) is 0 Å². The van der Waals surface area contributed by atoms with Gasteiger partial charge >= 0.3 is 0 Å². The van der Waals surface area contributed by atoms with Gasteiger partial charge in [0.05, 0.1) is 11.9 Å². The summed E-state index contributed by atoms with van der Waals surface area (Å²) >= 11 is 0. The van der Waals surface area contributed by atoms with Gasteiger partial charge in [0.25, 0.3) is 0 Å². The molecular weight excluding hydrogens is 360 g/mol. The number of carbonyl (C=O) groups is 1. The van der Waals surface area contributed by atoms with E-state index >= 15 is 0 Å². The van der Waals surface area contributed by atoms with E-state index in [9.17, 15) is 4.79 Å². The summed E-state index contributed by atoms with van der Waals surface area (Å²) in [7, 11) is 0. The van der Waals surface area contributed by atoms with Gasteiger partial charge in [0.1, 0.15) is 5.78 Å². The molecule has 5 heteroatoms. The van der Waals surface area contributed by atoms with Crippen LogP contribution in [0.1, 0.15) is 43.0 Å². The number of benzene rings is 1. The first-order valence-corrected chi connectivity index (χ1v) is 10.1. The fourth-order valence-corrected chi connectivity index (χ4v) is 4.12. The molecule has 0 unspecified atom stereocenters. The average Bonchev–Trinajstić information content (AvgIpc) is 3.20. The second-order valence-electron chi connectivity index (χ2n) is 7.73. The second-order valence-corrected chi connectivity index (χ2v) is 7.73. The monoisotopic (exact) mass is 382 g/mol. The predicted molar refractivity (Wildman–Crippen MR) is 113 cm³/mol. The van der Waals surface area contributed by atoms with Crippen LogP contribution in [0, 0.1) is 6.92 Å². The minimum atomic E-state index is 0.345. The molecular formula is C24H22N4O. The summed E-state index contributed by atoms with van der Waals surface area (Å²) in [6.45, 7) is 2.06. The van der Waals surface area contributed by atoms with Crippen LogP contribution < -0.4 is 0 Å². The van der Waals surface area contributed by atoms with Crippen molar-refractivity contribution in [1.29, 1.82) is 0 Å². The summed E-state index contributed by atoms with van der Waals surface area (Å²) in [5.41, 5.74) is 7.01. The van der Waals surface area contributed by atoms with E-state index < -0.39 is 0 Å². The Morgan fingerprint density at radius 2 is 1.76 bits per heavy atom. The van der Waals surface area contributed by atoms with Crippen LogP contribution in [-0.4, -0.2) is 25.4 Å². The fraction of sp³-hybridized carbons (Fsp3) is 0.250. The van der Waals surface area contributed by atoms with Crippen molar-refractivity contribution < 1.29 is 4.79 Å². The highest BCUT2D eigenvalue weighted by Crippen LogP contribution is 2.32. The topological polar surface area (TPSA) is 60.2 Å². The van der Waals surface area contributed by atoms with Gasteiger partial charge in [-0.25, -0.2) is 9.50 Å². The summed E-state index contributed by atoms with van der Waals surface area (Å²) in [5.74, 6) is 0.714. The molecule has 29 heavy (non-hydrogen) atoms. The van der Waals surface area contributed by atoms with E-state index in [0.717, 1.165) is 52.3 Å². The Kier molecular flexibility index (Phi) is 4.43. The highest BCUT2D eigenvalue weighted by molar-refractivity contribution is 5.79. The lowest BCUT2D eigenvalue weighted by Gasteiger charge is -2.21. The lowest BCUT2D eigenvalue weighted by Crippen LogP contribution is -2.14. The molecule has 0 atom stereocenters. The number of carbonyl (C=O) groups excluding carboxylic acids is 1. The summed E-state index contributed by atoms with van der Waals surface area (Å²) in [4.78, 5) is 21.2. The number of aryl methyl sites for hydroxylation is 1. The molecule has 1 aromatic carbocycles. The molecule has 3 heterocycles. The van der Waals surface area contributed by atoms with Gasteiger partial charge < -0.3 is 0 Å². The Bertz CT molecular complexity index is 1170. The SMILES string of the molecule is Cc1cc(C2CCC(=O)CC2)nc2c(-c3ccc(-c4ccccc4)nc3)cnn12. The fourth-order valence-electron chi connectivity index (χ4n) is 4.12. The third kappa shape index (κ3) is 3.33. The van der Waals surface area contributed by atoms with Crippen molar-refractivity contribution in [1.82, 2.24) is 19.6 Å². The van der Waals surface area contributed by atoms with Crippen LogP contribution >= 0.6 is 0 Å². The van der Waals surface area contributed by atoms with Crippen molar-refractivity contribution in [3.8, 4) is 22.4 Å². The Morgan fingerprint density at radius 1 is 0.966 bits per heavy atom. The highest BCUT2D eigenvalue weighted by atomic mass is 16.1. The van der Waals surface area contributed by atoms with Gasteiger partial charge in [-0.05, 0) is 31.9 Å². The van der Waals surface area contributed by atoms with E-state index in [0.29, 0.717) is 24.5 Å². The largest absolute Gasteiger partial charge is 0.300 e. The zero-order valence-corrected chi connectivity index (χ0v) is 16.4. The third-order valence-corrected chi connectivity index (χ3v) is 5.78. The van der Waals surface area contributed by atoms with Crippen molar-refractivity contribution in [2.24, 2.45) is 0 Å². The Morgan fingerprint density at radius 3 is 2.48 bits per heavy atom.